The summed E-state index contributed by atoms with van der Waals surface area (Å²) in [4.78, 5) is 11.3. The zero-order valence-corrected chi connectivity index (χ0v) is 18.3. The van der Waals surface area contributed by atoms with Crippen molar-refractivity contribution in [2.24, 2.45) is 5.73 Å². The van der Waals surface area contributed by atoms with E-state index in [1.807, 2.05) is 0 Å². The maximum Gasteiger partial charge on any atom is 0.397 e. The van der Waals surface area contributed by atoms with Crippen LogP contribution in [0.25, 0.3) is 0 Å². The van der Waals surface area contributed by atoms with E-state index in [2.05, 4.69) is 11.1 Å². The second kappa shape index (κ2) is 20.0. The van der Waals surface area contributed by atoms with Crippen LogP contribution in [0.5, 0.6) is 0 Å². The maximum absolute atomic E-state index is 11.3. The van der Waals surface area contributed by atoms with E-state index in [-0.39, 0.29) is 5.97 Å². The lowest BCUT2D eigenvalue weighted by atomic mass is 10.0. The van der Waals surface area contributed by atoms with Crippen molar-refractivity contribution < 1.29 is 26.7 Å². The van der Waals surface area contributed by atoms with Crippen molar-refractivity contribution in [2.75, 3.05) is 7.11 Å². The Balaban J connectivity index is 0. The summed E-state index contributed by atoms with van der Waals surface area (Å²) < 4.78 is 34.6. The second-order valence-corrected chi connectivity index (χ2v) is 7.97. The number of hydrogen-bond donors (Lipinski definition) is 2. The zero-order valence-electron chi connectivity index (χ0n) is 17.5. The van der Waals surface area contributed by atoms with Crippen molar-refractivity contribution in [1.29, 1.82) is 0 Å². The van der Waals surface area contributed by atoms with Crippen LogP contribution in [0.2, 0.25) is 0 Å². The first-order valence-electron chi connectivity index (χ1n) is 10.2. The van der Waals surface area contributed by atoms with E-state index in [1.54, 1.807) is 6.92 Å². The van der Waals surface area contributed by atoms with Gasteiger partial charge < -0.3 is 4.74 Å². The molecular formula is C19H41NO6S. The molecule has 0 bridgehead atoms. The van der Waals surface area contributed by atoms with Crippen LogP contribution in [0.3, 0.4) is 0 Å². The highest BCUT2D eigenvalue weighted by molar-refractivity contribution is 7.80. The molecule has 0 aliphatic carbocycles. The minimum absolute atomic E-state index is 0.159. The fraction of sp³-hybridized carbons (Fsp3) is 0.947. The SMILES string of the molecule is CCCCCCCCCCCCCCCC(=O)OC(C)N.COS(=O)(=O)O. The molecule has 0 heterocycles. The molecule has 0 saturated heterocycles. The summed E-state index contributed by atoms with van der Waals surface area (Å²) in [6, 6.07) is 0. The molecular weight excluding hydrogens is 370 g/mol. The quantitative estimate of drug-likeness (QED) is 0.163. The van der Waals surface area contributed by atoms with Crippen LogP contribution in [-0.4, -0.2) is 32.3 Å². The maximum atomic E-state index is 11.3. The first kappa shape index (κ1) is 28.5. The fourth-order valence-corrected chi connectivity index (χ4v) is 2.55. The molecule has 0 amide bonds. The number of unbranched alkanes of at least 4 members (excludes halogenated alkanes) is 12. The van der Waals surface area contributed by atoms with E-state index < -0.39 is 16.6 Å². The van der Waals surface area contributed by atoms with Crippen molar-refractivity contribution in [3.8, 4) is 0 Å². The van der Waals surface area contributed by atoms with Gasteiger partial charge in [0.1, 0.15) is 6.23 Å². The van der Waals surface area contributed by atoms with Gasteiger partial charge in [0.15, 0.2) is 0 Å². The summed E-state index contributed by atoms with van der Waals surface area (Å²) >= 11 is 0. The van der Waals surface area contributed by atoms with E-state index in [1.165, 1.54) is 70.6 Å². The lowest BCUT2D eigenvalue weighted by molar-refractivity contribution is -0.148. The number of rotatable bonds is 16. The molecule has 8 heteroatoms. The van der Waals surface area contributed by atoms with Gasteiger partial charge in [-0.1, -0.05) is 84.0 Å². The molecule has 3 N–H and O–H groups in total. The van der Waals surface area contributed by atoms with Crippen LogP contribution >= 0.6 is 0 Å². The van der Waals surface area contributed by atoms with E-state index in [4.69, 9.17) is 15.0 Å². The van der Waals surface area contributed by atoms with Crippen molar-refractivity contribution in [3.63, 3.8) is 0 Å². The van der Waals surface area contributed by atoms with E-state index >= 15 is 0 Å². The number of hydrogen-bond acceptors (Lipinski definition) is 6. The van der Waals surface area contributed by atoms with Crippen molar-refractivity contribution in [3.05, 3.63) is 0 Å². The van der Waals surface area contributed by atoms with Crippen LogP contribution in [0, 0.1) is 0 Å². The highest BCUT2D eigenvalue weighted by Crippen LogP contribution is 2.13. The first-order valence-corrected chi connectivity index (χ1v) is 11.6. The molecule has 0 saturated carbocycles. The largest absolute Gasteiger partial charge is 0.447 e. The molecule has 0 aliphatic rings. The lowest BCUT2D eigenvalue weighted by Gasteiger charge is -2.07. The third-order valence-corrected chi connectivity index (χ3v) is 4.43. The number of carbonyl (C=O) groups excluding carboxylic acids is 1. The van der Waals surface area contributed by atoms with Gasteiger partial charge in [-0.2, -0.15) is 8.42 Å². The highest BCUT2D eigenvalue weighted by Gasteiger charge is 2.04. The summed E-state index contributed by atoms with van der Waals surface area (Å²) in [5.41, 5.74) is 5.39. The third kappa shape index (κ3) is 30.3. The molecule has 27 heavy (non-hydrogen) atoms. The van der Waals surface area contributed by atoms with E-state index in [0.717, 1.165) is 20.0 Å². The molecule has 7 nitrogen and oxygen atoms in total. The van der Waals surface area contributed by atoms with Gasteiger partial charge in [0, 0.05) is 6.42 Å². The van der Waals surface area contributed by atoms with Gasteiger partial charge in [0.2, 0.25) is 0 Å². The molecule has 0 aliphatic heterocycles. The fourth-order valence-electron chi connectivity index (χ4n) is 2.55. The van der Waals surface area contributed by atoms with Crippen molar-refractivity contribution >= 4 is 16.4 Å². The molecule has 0 spiro atoms. The number of nitrogens with two attached hydrogens (primary N) is 1. The van der Waals surface area contributed by atoms with E-state index in [9.17, 15) is 13.2 Å². The minimum atomic E-state index is -4.16. The van der Waals surface area contributed by atoms with Crippen LogP contribution in [0.15, 0.2) is 0 Å². The van der Waals surface area contributed by atoms with Crippen LogP contribution in [0.4, 0.5) is 0 Å². The van der Waals surface area contributed by atoms with Crippen molar-refractivity contribution in [1.82, 2.24) is 0 Å². The number of esters is 1. The third-order valence-electron chi connectivity index (χ3n) is 4.01. The Hall–Kier alpha value is -0.700. The molecule has 0 radical (unpaired) electrons. The van der Waals surface area contributed by atoms with Gasteiger partial charge in [-0.3, -0.25) is 19.3 Å². The standard InChI is InChI=1S/C18H37NO2.CH4O4S/c1-3-4-5-6-7-8-9-10-11-12-13-14-15-16-18(20)21-17(2)19;1-5-6(2,3)4/h17H,3-16,19H2,1-2H3;1H3,(H,2,3,4). The van der Waals surface area contributed by atoms with Crippen LogP contribution in [0.1, 0.15) is 104 Å². The Labute approximate surface area is 166 Å². The average Bonchev–Trinajstić information content (AvgIpc) is 2.58. The molecule has 0 fully saturated rings. The van der Waals surface area contributed by atoms with E-state index in [0.29, 0.717) is 6.42 Å². The predicted molar refractivity (Wildman–Crippen MR) is 109 cm³/mol. The summed E-state index contributed by atoms with van der Waals surface area (Å²) in [7, 11) is -3.29. The predicted octanol–water partition coefficient (Wildman–Crippen LogP) is 4.75. The number of ether oxygens (including phenoxy) is 1. The Kier molecular flexibility index (Phi) is 21.2. The summed E-state index contributed by atoms with van der Waals surface area (Å²) in [6.45, 7) is 3.95. The molecule has 164 valence electrons. The molecule has 0 aromatic heterocycles. The Morgan fingerprint density at radius 1 is 0.889 bits per heavy atom. The second-order valence-electron chi connectivity index (χ2n) is 6.78. The highest BCUT2D eigenvalue weighted by atomic mass is 32.3. The lowest BCUT2D eigenvalue weighted by Crippen LogP contribution is -2.23. The molecule has 0 rings (SSSR count). The summed E-state index contributed by atoms with van der Waals surface area (Å²) in [5, 5.41) is 0. The zero-order chi connectivity index (χ0) is 21.0. The van der Waals surface area contributed by atoms with Crippen molar-refractivity contribution in [2.45, 2.75) is 110 Å². The monoisotopic (exact) mass is 411 g/mol. The number of carbonyl (C=O) groups is 1. The topological polar surface area (TPSA) is 116 Å². The molecule has 1 unspecified atom stereocenters. The summed E-state index contributed by atoms with van der Waals surface area (Å²) in [5.74, 6) is -0.159. The molecule has 1 atom stereocenters. The van der Waals surface area contributed by atoms with Gasteiger partial charge in [0.05, 0.1) is 7.11 Å². The Bertz CT molecular complexity index is 426. The van der Waals surface area contributed by atoms with Gasteiger partial charge in [0.25, 0.3) is 0 Å². The van der Waals surface area contributed by atoms with Gasteiger partial charge in [-0.15, -0.1) is 0 Å². The van der Waals surface area contributed by atoms with Crippen LogP contribution < -0.4 is 5.73 Å². The smallest absolute Gasteiger partial charge is 0.397 e. The molecule has 0 aromatic carbocycles. The normalized spacial score (nSPS) is 12.2. The minimum Gasteiger partial charge on any atom is -0.447 e. The van der Waals surface area contributed by atoms with Crippen LogP contribution in [-0.2, 0) is 24.1 Å². The average molecular weight is 412 g/mol. The van der Waals surface area contributed by atoms with Gasteiger partial charge >= 0.3 is 16.4 Å². The Morgan fingerprint density at radius 2 is 1.22 bits per heavy atom. The molecule has 0 aromatic rings. The first-order chi connectivity index (χ1) is 12.7. The van der Waals surface area contributed by atoms with Gasteiger partial charge in [-0.25, -0.2) is 0 Å². The van der Waals surface area contributed by atoms with Gasteiger partial charge in [-0.05, 0) is 13.3 Å². The summed E-state index contributed by atoms with van der Waals surface area (Å²) in [6.07, 6.45) is 17.2. The Morgan fingerprint density at radius 3 is 1.52 bits per heavy atom.